The van der Waals surface area contributed by atoms with Gasteiger partial charge in [0.1, 0.15) is 0 Å². The summed E-state index contributed by atoms with van der Waals surface area (Å²) in [5.74, 6) is 0.557. The van der Waals surface area contributed by atoms with Crippen LogP contribution in [0, 0.1) is 0 Å². The van der Waals surface area contributed by atoms with E-state index in [2.05, 4.69) is 10.6 Å². The summed E-state index contributed by atoms with van der Waals surface area (Å²) in [6.45, 7) is 4.82. The average Bonchev–Trinajstić information content (AvgIpc) is 2.46. The summed E-state index contributed by atoms with van der Waals surface area (Å²) >= 11 is 1.53. The van der Waals surface area contributed by atoms with Crippen molar-refractivity contribution in [3.8, 4) is 0 Å². The van der Waals surface area contributed by atoms with E-state index in [1.54, 1.807) is 0 Å². The van der Waals surface area contributed by atoms with Crippen molar-refractivity contribution in [2.75, 3.05) is 37.2 Å². The first-order valence-corrected chi connectivity index (χ1v) is 7.62. The van der Waals surface area contributed by atoms with Crippen molar-refractivity contribution in [2.45, 2.75) is 11.8 Å². The molecule has 1 heterocycles. The average molecular weight is 293 g/mol. The Kier molecular flexibility index (Phi) is 5.43. The highest BCUT2D eigenvalue weighted by atomic mass is 32.2. The number of anilines is 1. The molecule has 0 aromatic heterocycles. The predicted molar refractivity (Wildman–Crippen MR) is 80.9 cm³/mol. The third-order valence-electron chi connectivity index (χ3n) is 3.01. The Labute approximate surface area is 123 Å². The third kappa shape index (κ3) is 4.54. The van der Waals surface area contributed by atoms with Gasteiger partial charge in [0.05, 0.1) is 5.75 Å². The molecular formula is C14H19N3O2S. The maximum atomic E-state index is 12.0. The van der Waals surface area contributed by atoms with Crippen LogP contribution in [-0.4, -0.2) is 48.6 Å². The number of hydrogen-bond donors (Lipinski definition) is 2. The van der Waals surface area contributed by atoms with E-state index in [1.807, 2.05) is 29.2 Å². The monoisotopic (exact) mass is 293 g/mol. The second kappa shape index (κ2) is 7.31. The molecule has 1 aliphatic rings. The lowest BCUT2D eigenvalue weighted by atomic mass is 10.3. The Morgan fingerprint density at radius 2 is 1.90 bits per heavy atom. The highest BCUT2D eigenvalue weighted by Gasteiger charge is 2.15. The van der Waals surface area contributed by atoms with Crippen molar-refractivity contribution in [1.82, 2.24) is 10.2 Å². The second-order valence-corrected chi connectivity index (χ2v) is 5.67. The van der Waals surface area contributed by atoms with E-state index in [1.165, 1.54) is 18.7 Å². The van der Waals surface area contributed by atoms with E-state index >= 15 is 0 Å². The number of thioether (sulfide) groups is 1. The molecule has 0 aliphatic carbocycles. The van der Waals surface area contributed by atoms with Crippen molar-refractivity contribution in [3.05, 3.63) is 24.3 Å². The van der Waals surface area contributed by atoms with Crippen LogP contribution in [-0.2, 0) is 9.59 Å². The minimum absolute atomic E-state index is 0.0840. The molecule has 1 saturated heterocycles. The number of hydrogen-bond acceptors (Lipinski definition) is 4. The molecular weight excluding hydrogens is 274 g/mol. The van der Waals surface area contributed by atoms with Crippen molar-refractivity contribution >= 4 is 29.3 Å². The van der Waals surface area contributed by atoms with Crippen LogP contribution < -0.4 is 10.6 Å². The summed E-state index contributed by atoms with van der Waals surface area (Å²) in [5, 5.41) is 5.95. The molecule has 1 aromatic rings. The van der Waals surface area contributed by atoms with Crippen molar-refractivity contribution < 1.29 is 9.59 Å². The summed E-state index contributed by atoms with van der Waals surface area (Å²) in [5.41, 5.74) is 0.773. The normalized spacial score (nSPS) is 14.9. The van der Waals surface area contributed by atoms with Crippen molar-refractivity contribution in [2.24, 2.45) is 0 Å². The summed E-state index contributed by atoms with van der Waals surface area (Å²) in [4.78, 5) is 25.8. The second-order valence-electron chi connectivity index (χ2n) is 4.63. The summed E-state index contributed by atoms with van der Waals surface area (Å²) < 4.78 is 0. The number of benzene rings is 1. The minimum Gasteiger partial charge on any atom is -0.339 e. The molecule has 2 N–H and O–H groups in total. The number of carbonyl (C=O) groups excluding carboxylic acids is 2. The first-order valence-electron chi connectivity index (χ1n) is 6.64. The van der Waals surface area contributed by atoms with E-state index in [4.69, 9.17) is 0 Å². The summed E-state index contributed by atoms with van der Waals surface area (Å²) in [6.07, 6.45) is 0. The van der Waals surface area contributed by atoms with Gasteiger partial charge in [-0.2, -0.15) is 0 Å². The Morgan fingerprint density at radius 1 is 1.25 bits per heavy atom. The number of carbonyl (C=O) groups is 2. The first kappa shape index (κ1) is 14.9. The largest absolute Gasteiger partial charge is 0.339 e. The molecule has 1 aromatic carbocycles. The molecule has 0 atom stereocenters. The first-order chi connectivity index (χ1) is 9.65. The lowest BCUT2D eigenvalue weighted by Crippen LogP contribution is -2.47. The summed E-state index contributed by atoms with van der Waals surface area (Å²) in [6, 6.07) is 7.53. The van der Waals surface area contributed by atoms with Crippen LogP contribution in [0.25, 0.3) is 0 Å². The lowest BCUT2D eigenvalue weighted by Gasteiger charge is -2.27. The van der Waals surface area contributed by atoms with Crippen LogP contribution in [0.3, 0.4) is 0 Å². The molecule has 0 unspecified atom stereocenters. The van der Waals surface area contributed by atoms with Gasteiger partial charge in [0, 0.05) is 43.7 Å². The van der Waals surface area contributed by atoms with Gasteiger partial charge in [-0.3, -0.25) is 9.59 Å². The van der Waals surface area contributed by atoms with Gasteiger partial charge < -0.3 is 15.5 Å². The van der Waals surface area contributed by atoms with Crippen LogP contribution in [0.5, 0.6) is 0 Å². The quantitative estimate of drug-likeness (QED) is 0.818. The minimum atomic E-state index is -0.0840. The lowest BCUT2D eigenvalue weighted by molar-refractivity contribution is -0.128. The molecule has 0 spiro atoms. The fourth-order valence-electron chi connectivity index (χ4n) is 1.99. The predicted octanol–water partition coefficient (Wildman–Crippen LogP) is 1.17. The van der Waals surface area contributed by atoms with Crippen LogP contribution in [0.1, 0.15) is 6.92 Å². The van der Waals surface area contributed by atoms with Crippen LogP contribution in [0.4, 0.5) is 5.69 Å². The van der Waals surface area contributed by atoms with E-state index in [9.17, 15) is 9.59 Å². The topological polar surface area (TPSA) is 61.4 Å². The Morgan fingerprint density at radius 3 is 2.50 bits per heavy atom. The molecule has 0 bridgehead atoms. The highest BCUT2D eigenvalue weighted by Crippen LogP contribution is 2.20. The third-order valence-corrected chi connectivity index (χ3v) is 4.00. The van der Waals surface area contributed by atoms with Gasteiger partial charge in [-0.25, -0.2) is 0 Å². The molecule has 6 heteroatoms. The van der Waals surface area contributed by atoms with Gasteiger partial charge in [-0.15, -0.1) is 11.8 Å². The van der Waals surface area contributed by atoms with E-state index < -0.39 is 0 Å². The summed E-state index contributed by atoms with van der Waals surface area (Å²) in [7, 11) is 0. The maximum Gasteiger partial charge on any atom is 0.233 e. The molecule has 1 fully saturated rings. The fourth-order valence-corrected chi connectivity index (χ4v) is 2.79. The van der Waals surface area contributed by atoms with Gasteiger partial charge >= 0.3 is 0 Å². The van der Waals surface area contributed by atoms with Crippen LogP contribution >= 0.6 is 11.8 Å². The molecule has 1 aliphatic heterocycles. The van der Waals surface area contributed by atoms with Gasteiger partial charge in [0.2, 0.25) is 11.8 Å². The van der Waals surface area contributed by atoms with Gasteiger partial charge in [-0.1, -0.05) is 0 Å². The Hall–Kier alpha value is -1.53. The van der Waals surface area contributed by atoms with Gasteiger partial charge in [-0.05, 0) is 24.3 Å². The zero-order chi connectivity index (χ0) is 14.4. The molecule has 0 saturated carbocycles. The number of rotatable bonds is 4. The number of piperazine rings is 1. The van der Waals surface area contributed by atoms with Gasteiger partial charge in [0.25, 0.3) is 0 Å². The van der Waals surface area contributed by atoms with Crippen LogP contribution in [0.2, 0.25) is 0 Å². The Balaban J connectivity index is 1.81. The van der Waals surface area contributed by atoms with Gasteiger partial charge in [0.15, 0.2) is 0 Å². The van der Waals surface area contributed by atoms with E-state index in [0.29, 0.717) is 5.75 Å². The van der Waals surface area contributed by atoms with Crippen molar-refractivity contribution in [3.63, 3.8) is 0 Å². The molecule has 2 amide bonds. The standard InChI is InChI=1S/C14H19N3O2S/c1-11(18)16-12-2-4-13(5-3-12)20-10-14(19)17-8-6-15-7-9-17/h2-5,15H,6-10H2,1H3,(H,16,18). The number of amides is 2. The van der Waals surface area contributed by atoms with Crippen LogP contribution in [0.15, 0.2) is 29.2 Å². The molecule has 5 nitrogen and oxygen atoms in total. The van der Waals surface area contributed by atoms with E-state index in [0.717, 1.165) is 36.8 Å². The molecule has 108 valence electrons. The maximum absolute atomic E-state index is 12.0. The highest BCUT2D eigenvalue weighted by molar-refractivity contribution is 8.00. The van der Waals surface area contributed by atoms with Crippen molar-refractivity contribution in [1.29, 1.82) is 0 Å². The smallest absolute Gasteiger partial charge is 0.233 e. The fraction of sp³-hybridized carbons (Fsp3) is 0.429. The number of nitrogens with zero attached hydrogens (tertiary/aromatic N) is 1. The van der Waals surface area contributed by atoms with E-state index in [-0.39, 0.29) is 11.8 Å². The SMILES string of the molecule is CC(=O)Nc1ccc(SCC(=O)N2CCNCC2)cc1. The molecule has 20 heavy (non-hydrogen) atoms. The zero-order valence-corrected chi connectivity index (χ0v) is 12.3. The molecule has 0 radical (unpaired) electrons. The molecule has 2 rings (SSSR count). The number of nitrogens with one attached hydrogen (secondary N) is 2. The zero-order valence-electron chi connectivity index (χ0n) is 11.5. The Bertz CT molecular complexity index is 470.